The molecule has 0 amide bonds. The molecule has 3 aromatic carbocycles. The number of hydrogen-bond donors (Lipinski definition) is 1. The van der Waals surface area contributed by atoms with Crippen LogP contribution in [-0.2, 0) is 15.1 Å². The summed E-state index contributed by atoms with van der Waals surface area (Å²) in [6.45, 7) is 4.65. The number of aliphatic carboxylic acids is 1. The van der Waals surface area contributed by atoms with E-state index in [1.54, 1.807) is 19.1 Å². The molecular weight excluding hydrogens is 436 g/mol. The van der Waals surface area contributed by atoms with Crippen LogP contribution in [0, 0.1) is 0 Å². The summed E-state index contributed by atoms with van der Waals surface area (Å²) in [5.41, 5.74) is 5.35. The van der Waals surface area contributed by atoms with Crippen LogP contribution in [-0.4, -0.2) is 24.3 Å². The predicted molar refractivity (Wildman–Crippen MR) is 141 cm³/mol. The van der Waals surface area contributed by atoms with E-state index in [9.17, 15) is 9.90 Å². The highest BCUT2D eigenvalue weighted by Gasteiger charge is 2.36. The van der Waals surface area contributed by atoms with Gasteiger partial charge in [-0.25, -0.2) is 4.79 Å². The van der Waals surface area contributed by atoms with Gasteiger partial charge in [0.15, 0.2) is 5.60 Å². The third-order valence-electron chi connectivity index (χ3n) is 6.71. The summed E-state index contributed by atoms with van der Waals surface area (Å²) >= 11 is 0. The van der Waals surface area contributed by atoms with Crippen LogP contribution in [0.3, 0.4) is 0 Å². The topological polar surface area (TPSA) is 55.8 Å². The summed E-state index contributed by atoms with van der Waals surface area (Å²) in [4.78, 5) is 12.0. The van der Waals surface area contributed by atoms with Crippen molar-refractivity contribution in [3.63, 3.8) is 0 Å². The van der Waals surface area contributed by atoms with Crippen molar-refractivity contribution in [2.75, 3.05) is 13.2 Å². The van der Waals surface area contributed by atoms with Gasteiger partial charge in [-0.2, -0.15) is 0 Å². The van der Waals surface area contributed by atoms with Gasteiger partial charge in [-0.1, -0.05) is 93.3 Å². The van der Waals surface area contributed by atoms with Gasteiger partial charge in [-0.15, -0.1) is 0 Å². The van der Waals surface area contributed by atoms with E-state index >= 15 is 0 Å². The van der Waals surface area contributed by atoms with Crippen molar-refractivity contribution in [1.29, 1.82) is 0 Å². The van der Waals surface area contributed by atoms with Gasteiger partial charge in [-0.3, -0.25) is 0 Å². The van der Waals surface area contributed by atoms with E-state index in [0.717, 1.165) is 19.3 Å². The lowest BCUT2D eigenvalue weighted by Gasteiger charge is -2.26. The number of carboxylic acid groups (broad SMARTS) is 1. The van der Waals surface area contributed by atoms with E-state index in [1.807, 2.05) is 12.1 Å². The lowest BCUT2D eigenvalue weighted by molar-refractivity contribution is -0.165. The zero-order valence-corrected chi connectivity index (χ0v) is 20.6. The van der Waals surface area contributed by atoms with E-state index < -0.39 is 11.6 Å². The molecule has 1 N–H and O–H groups in total. The third-order valence-corrected chi connectivity index (χ3v) is 6.71. The molecule has 4 heteroatoms. The van der Waals surface area contributed by atoms with Crippen LogP contribution >= 0.6 is 0 Å². The Morgan fingerprint density at radius 3 is 1.97 bits per heavy atom. The van der Waals surface area contributed by atoms with Crippen LogP contribution < -0.4 is 4.74 Å². The van der Waals surface area contributed by atoms with Gasteiger partial charge in [-0.05, 0) is 64.9 Å². The number of ether oxygens (including phenoxy) is 2. The first kappa shape index (κ1) is 24.7. The normalized spacial score (nSPS) is 13.6. The Kier molecular flexibility index (Phi) is 8.04. The van der Waals surface area contributed by atoms with Crippen molar-refractivity contribution in [3.05, 3.63) is 95.6 Å². The van der Waals surface area contributed by atoms with Gasteiger partial charge >= 0.3 is 5.97 Å². The van der Waals surface area contributed by atoms with Crippen molar-refractivity contribution in [2.24, 2.45) is 0 Å². The number of benzene rings is 3. The summed E-state index contributed by atoms with van der Waals surface area (Å²) in [6, 6.07) is 24.1. The molecule has 1 aliphatic carbocycles. The van der Waals surface area contributed by atoms with Gasteiger partial charge < -0.3 is 14.6 Å². The Hall–Kier alpha value is -3.37. The van der Waals surface area contributed by atoms with Gasteiger partial charge in [0.1, 0.15) is 12.4 Å². The molecule has 4 rings (SSSR count). The molecule has 0 aromatic heterocycles. The lowest BCUT2D eigenvalue weighted by Crippen LogP contribution is -2.35. The molecule has 0 aliphatic heterocycles. The molecule has 0 radical (unpaired) electrons. The molecule has 1 unspecified atom stereocenters. The third kappa shape index (κ3) is 5.49. The molecule has 0 fully saturated rings. The minimum Gasteiger partial charge on any atom is -0.490 e. The van der Waals surface area contributed by atoms with Crippen LogP contribution in [0.2, 0.25) is 0 Å². The summed E-state index contributed by atoms with van der Waals surface area (Å²) < 4.78 is 11.9. The molecule has 0 saturated heterocycles. The van der Waals surface area contributed by atoms with E-state index in [0.29, 0.717) is 24.5 Å². The highest BCUT2D eigenvalue weighted by atomic mass is 16.5. The minimum absolute atomic E-state index is 0.418. The molecule has 0 spiro atoms. The van der Waals surface area contributed by atoms with Gasteiger partial charge in [0.2, 0.25) is 0 Å². The first-order valence-electron chi connectivity index (χ1n) is 12.5. The van der Waals surface area contributed by atoms with E-state index in [-0.39, 0.29) is 0 Å². The average Bonchev–Trinajstić information content (AvgIpc) is 3.20. The maximum Gasteiger partial charge on any atom is 0.340 e. The molecule has 0 saturated carbocycles. The molecule has 35 heavy (non-hydrogen) atoms. The van der Waals surface area contributed by atoms with Gasteiger partial charge in [0.05, 0.1) is 0 Å². The second kappa shape index (κ2) is 11.4. The molecule has 1 aliphatic rings. The molecule has 3 aromatic rings. The van der Waals surface area contributed by atoms with Crippen LogP contribution in [0.5, 0.6) is 5.75 Å². The Balaban J connectivity index is 1.40. The van der Waals surface area contributed by atoms with Crippen molar-refractivity contribution < 1.29 is 19.4 Å². The van der Waals surface area contributed by atoms with E-state index in [2.05, 4.69) is 61.5 Å². The number of rotatable bonds is 12. The largest absolute Gasteiger partial charge is 0.490 e. The first-order chi connectivity index (χ1) is 17.0. The molecule has 4 nitrogen and oxygen atoms in total. The maximum atomic E-state index is 12.0. The summed E-state index contributed by atoms with van der Waals surface area (Å²) in [5, 5.41) is 9.85. The smallest absolute Gasteiger partial charge is 0.340 e. The van der Waals surface area contributed by atoms with Crippen LogP contribution in [0.4, 0.5) is 0 Å². The molecular formula is C31H34O4. The highest BCUT2D eigenvalue weighted by molar-refractivity contribution is 6.01. The highest BCUT2D eigenvalue weighted by Crippen LogP contribution is 2.43. The number of carbonyl (C=O) groups is 1. The number of fused-ring (bicyclic) bond motifs is 3. The zero-order chi connectivity index (χ0) is 24.7. The summed E-state index contributed by atoms with van der Waals surface area (Å²) in [7, 11) is 0. The maximum absolute atomic E-state index is 12.0. The van der Waals surface area contributed by atoms with E-state index in [1.165, 1.54) is 40.7 Å². The molecule has 0 heterocycles. The fourth-order valence-electron chi connectivity index (χ4n) is 4.61. The van der Waals surface area contributed by atoms with Crippen molar-refractivity contribution in [2.45, 2.75) is 51.6 Å². The van der Waals surface area contributed by atoms with Gasteiger partial charge in [0, 0.05) is 6.61 Å². The lowest BCUT2D eigenvalue weighted by atomic mass is 9.95. The number of unbranched alkanes of at least 4 members (excludes halogenated alkanes) is 4. The predicted octanol–water partition coefficient (Wildman–Crippen LogP) is 7.46. The van der Waals surface area contributed by atoms with Crippen molar-refractivity contribution in [3.8, 4) is 16.9 Å². The Morgan fingerprint density at radius 1 is 0.829 bits per heavy atom. The molecule has 182 valence electrons. The number of hydrogen-bond acceptors (Lipinski definition) is 3. The van der Waals surface area contributed by atoms with E-state index in [4.69, 9.17) is 9.47 Å². The summed E-state index contributed by atoms with van der Waals surface area (Å²) in [6.07, 6.45) is 7.57. The Labute approximate surface area is 208 Å². The average molecular weight is 471 g/mol. The first-order valence-corrected chi connectivity index (χ1v) is 12.5. The molecule has 0 bridgehead atoms. The van der Waals surface area contributed by atoms with Crippen molar-refractivity contribution in [1.82, 2.24) is 0 Å². The second-order valence-electron chi connectivity index (χ2n) is 9.15. The molecule has 1 atom stereocenters. The Bertz CT molecular complexity index is 1130. The minimum atomic E-state index is -1.37. The fraction of sp³-hybridized carbons (Fsp3) is 0.323. The van der Waals surface area contributed by atoms with Crippen LogP contribution in [0.1, 0.15) is 62.6 Å². The van der Waals surface area contributed by atoms with Crippen LogP contribution in [0.15, 0.2) is 78.9 Å². The van der Waals surface area contributed by atoms with Crippen LogP contribution in [0.25, 0.3) is 16.7 Å². The zero-order valence-electron chi connectivity index (χ0n) is 20.6. The summed E-state index contributed by atoms with van der Waals surface area (Å²) in [5.74, 6) is -0.291. The second-order valence-corrected chi connectivity index (χ2v) is 9.15. The number of carboxylic acids is 1. The quantitative estimate of drug-likeness (QED) is 0.218. The fourth-order valence-corrected chi connectivity index (χ4v) is 4.61. The SMILES string of the molecule is CCCCCCCOC(C)(C(=O)O)c1ccc(OCC=C2c3ccccc3-c3ccccc32)cc1. The van der Waals surface area contributed by atoms with Gasteiger partial charge in [0.25, 0.3) is 0 Å². The Morgan fingerprint density at radius 2 is 1.40 bits per heavy atom. The monoisotopic (exact) mass is 470 g/mol. The van der Waals surface area contributed by atoms with Crippen molar-refractivity contribution >= 4 is 11.5 Å². The standard InChI is InChI=1S/C31H34O4/c1-3-4-5-6-11-21-35-31(2,30(32)33)23-16-18-24(19-17-23)34-22-20-29-27-14-9-7-12-25(27)26-13-8-10-15-28(26)29/h7-10,12-20H,3-6,11,21-22H2,1-2H3,(H,32,33).